The maximum Gasteiger partial charge on any atom is 0.314 e. The van der Waals surface area contributed by atoms with Gasteiger partial charge in [0.15, 0.2) is 11.5 Å². The molecule has 0 aromatic heterocycles. The van der Waals surface area contributed by atoms with Gasteiger partial charge in [0.2, 0.25) is 0 Å². The number of esters is 1. The summed E-state index contributed by atoms with van der Waals surface area (Å²) in [4.78, 5) is 11.6. The van der Waals surface area contributed by atoms with E-state index >= 15 is 0 Å². The lowest BCUT2D eigenvalue weighted by molar-refractivity contribution is -0.135. The molecular weight excluding hydrogens is 230 g/mol. The minimum atomic E-state index is -0.159. The first-order valence-electron chi connectivity index (χ1n) is 6.24. The van der Waals surface area contributed by atoms with Gasteiger partial charge in [-0.1, -0.05) is 6.07 Å². The standard InChI is InChI=1S/C14H19NO3/c1-9(15)7-10-3-6-12(13(8-10)17-2)18-14(16)11-4-5-11/h3,6,8-9,11H,4-5,7,15H2,1-2H3. The van der Waals surface area contributed by atoms with Gasteiger partial charge in [-0.2, -0.15) is 0 Å². The van der Waals surface area contributed by atoms with Crippen molar-refractivity contribution in [3.63, 3.8) is 0 Å². The van der Waals surface area contributed by atoms with Crippen LogP contribution in [0.25, 0.3) is 0 Å². The van der Waals surface area contributed by atoms with Gasteiger partial charge in [0, 0.05) is 6.04 Å². The van der Waals surface area contributed by atoms with Crippen LogP contribution in [0.5, 0.6) is 11.5 Å². The van der Waals surface area contributed by atoms with E-state index in [2.05, 4.69) is 0 Å². The van der Waals surface area contributed by atoms with Crippen molar-refractivity contribution >= 4 is 5.97 Å². The van der Waals surface area contributed by atoms with Crippen molar-refractivity contribution < 1.29 is 14.3 Å². The van der Waals surface area contributed by atoms with E-state index in [1.807, 2.05) is 19.1 Å². The van der Waals surface area contributed by atoms with Gasteiger partial charge in [0.1, 0.15) is 0 Å². The molecule has 1 unspecified atom stereocenters. The van der Waals surface area contributed by atoms with Crippen LogP contribution in [0, 0.1) is 5.92 Å². The first-order chi connectivity index (χ1) is 8.60. The molecule has 0 bridgehead atoms. The second-order valence-electron chi connectivity index (χ2n) is 4.86. The average molecular weight is 249 g/mol. The average Bonchev–Trinajstić information content (AvgIpc) is 3.14. The molecule has 0 radical (unpaired) electrons. The summed E-state index contributed by atoms with van der Waals surface area (Å²) < 4.78 is 10.6. The highest BCUT2D eigenvalue weighted by molar-refractivity contribution is 5.78. The molecule has 1 saturated carbocycles. The van der Waals surface area contributed by atoms with Crippen LogP contribution in [0.4, 0.5) is 0 Å². The summed E-state index contributed by atoms with van der Waals surface area (Å²) in [5.74, 6) is 0.997. The Hall–Kier alpha value is -1.55. The Morgan fingerprint density at radius 1 is 1.44 bits per heavy atom. The van der Waals surface area contributed by atoms with E-state index in [0.717, 1.165) is 24.8 Å². The van der Waals surface area contributed by atoms with E-state index < -0.39 is 0 Å². The van der Waals surface area contributed by atoms with Crippen LogP contribution in [-0.2, 0) is 11.2 Å². The number of hydrogen-bond acceptors (Lipinski definition) is 4. The molecule has 4 nitrogen and oxygen atoms in total. The van der Waals surface area contributed by atoms with Crippen molar-refractivity contribution in [2.45, 2.75) is 32.2 Å². The van der Waals surface area contributed by atoms with Crippen molar-refractivity contribution in [2.75, 3.05) is 7.11 Å². The summed E-state index contributed by atoms with van der Waals surface area (Å²) >= 11 is 0. The molecule has 1 aliphatic rings. The number of ether oxygens (including phenoxy) is 2. The molecule has 0 spiro atoms. The van der Waals surface area contributed by atoms with E-state index in [-0.39, 0.29) is 17.9 Å². The monoisotopic (exact) mass is 249 g/mol. The van der Waals surface area contributed by atoms with E-state index in [9.17, 15) is 4.79 Å². The van der Waals surface area contributed by atoms with Crippen LogP contribution in [0.1, 0.15) is 25.3 Å². The van der Waals surface area contributed by atoms with Gasteiger partial charge in [0.05, 0.1) is 13.0 Å². The van der Waals surface area contributed by atoms with Gasteiger partial charge in [0.25, 0.3) is 0 Å². The van der Waals surface area contributed by atoms with E-state index in [4.69, 9.17) is 15.2 Å². The number of carbonyl (C=O) groups excluding carboxylic acids is 1. The zero-order chi connectivity index (χ0) is 13.1. The Labute approximate surface area is 107 Å². The van der Waals surface area contributed by atoms with Crippen LogP contribution in [0.15, 0.2) is 18.2 Å². The van der Waals surface area contributed by atoms with E-state index in [1.54, 1.807) is 13.2 Å². The molecule has 0 aliphatic heterocycles. The second kappa shape index (κ2) is 5.40. The van der Waals surface area contributed by atoms with Crippen LogP contribution >= 0.6 is 0 Å². The molecule has 4 heteroatoms. The van der Waals surface area contributed by atoms with Gasteiger partial charge < -0.3 is 15.2 Å². The van der Waals surface area contributed by atoms with Crippen molar-refractivity contribution in [3.05, 3.63) is 23.8 Å². The number of rotatable bonds is 5. The molecule has 2 rings (SSSR count). The zero-order valence-electron chi connectivity index (χ0n) is 10.8. The predicted octanol–water partition coefficient (Wildman–Crippen LogP) is 1.90. The topological polar surface area (TPSA) is 61.6 Å². The Kier molecular flexibility index (Phi) is 3.87. The third-order valence-electron chi connectivity index (χ3n) is 2.91. The number of methoxy groups -OCH3 is 1. The fraction of sp³-hybridized carbons (Fsp3) is 0.500. The summed E-state index contributed by atoms with van der Waals surface area (Å²) in [6, 6.07) is 5.66. The van der Waals surface area contributed by atoms with Crippen LogP contribution in [0.2, 0.25) is 0 Å². The lowest BCUT2D eigenvalue weighted by Gasteiger charge is -2.11. The molecule has 1 aliphatic carbocycles. The quantitative estimate of drug-likeness (QED) is 0.639. The zero-order valence-corrected chi connectivity index (χ0v) is 10.8. The van der Waals surface area contributed by atoms with Crippen LogP contribution in [-0.4, -0.2) is 19.1 Å². The van der Waals surface area contributed by atoms with Crippen LogP contribution < -0.4 is 15.2 Å². The van der Waals surface area contributed by atoms with E-state index in [1.165, 1.54) is 0 Å². The molecule has 98 valence electrons. The minimum Gasteiger partial charge on any atom is -0.493 e. The van der Waals surface area contributed by atoms with Gasteiger partial charge in [-0.3, -0.25) is 4.79 Å². The molecule has 1 atom stereocenters. The smallest absolute Gasteiger partial charge is 0.314 e. The Bertz CT molecular complexity index is 439. The second-order valence-corrected chi connectivity index (χ2v) is 4.86. The first-order valence-corrected chi connectivity index (χ1v) is 6.24. The number of carbonyl (C=O) groups is 1. The van der Waals surface area contributed by atoms with Gasteiger partial charge in [-0.25, -0.2) is 0 Å². The van der Waals surface area contributed by atoms with Crippen molar-refractivity contribution in [2.24, 2.45) is 11.7 Å². The molecule has 1 aromatic carbocycles. The Morgan fingerprint density at radius 2 is 2.17 bits per heavy atom. The molecule has 1 fully saturated rings. The lowest BCUT2D eigenvalue weighted by atomic mass is 10.1. The summed E-state index contributed by atoms with van der Waals surface area (Å²) in [5, 5.41) is 0. The number of hydrogen-bond donors (Lipinski definition) is 1. The van der Waals surface area contributed by atoms with Gasteiger partial charge >= 0.3 is 5.97 Å². The highest BCUT2D eigenvalue weighted by Crippen LogP contribution is 2.34. The molecule has 1 aromatic rings. The summed E-state index contributed by atoms with van der Waals surface area (Å²) in [6.07, 6.45) is 2.64. The Morgan fingerprint density at radius 3 is 2.72 bits per heavy atom. The first kappa shape index (κ1) is 12.9. The minimum absolute atomic E-state index is 0.0819. The van der Waals surface area contributed by atoms with Gasteiger partial charge in [-0.15, -0.1) is 0 Å². The Balaban J connectivity index is 2.11. The number of benzene rings is 1. The number of nitrogens with two attached hydrogens (primary N) is 1. The summed E-state index contributed by atoms with van der Waals surface area (Å²) in [5.41, 5.74) is 6.83. The largest absolute Gasteiger partial charge is 0.493 e. The van der Waals surface area contributed by atoms with Gasteiger partial charge in [-0.05, 0) is 43.9 Å². The molecule has 0 heterocycles. The fourth-order valence-corrected chi connectivity index (χ4v) is 1.81. The molecule has 0 amide bonds. The normalized spacial score (nSPS) is 16.2. The van der Waals surface area contributed by atoms with Crippen molar-refractivity contribution in [1.29, 1.82) is 0 Å². The fourth-order valence-electron chi connectivity index (χ4n) is 1.81. The molecule has 18 heavy (non-hydrogen) atoms. The predicted molar refractivity (Wildman–Crippen MR) is 68.7 cm³/mol. The third kappa shape index (κ3) is 3.23. The lowest BCUT2D eigenvalue weighted by Crippen LogP contribution is -2.17. The SMILES string of the molecule is COc1cc(CC(C)N)ccc1OC(=O)C1CC1. The summed E-state index contributed by atoms with van der Waals surface area (Å²) in [6.45, 7) is 1.95. The van der Waals surface area contributed by atoms with Crippen molar-refractivity contribution in [3.8, 4) is 11.5 Å². The maximum atomic E-state index is 11.6. The molecular formula is C14H19NO3. The van der Waals surface area contributed by atoms with Crippen molar-refractivity contribution in [1.82, 2.24) is 0 Å². The molecule has 0 saturated heterocycles. The molecule has 2 N–H and O–H groups in total. The third-order valence-corrected chi connectivity index (χ3v) is 2.91. The summed E-state index contributed by atoms with van der Waals surface area (Å²) in [7, 11) is 1.57. The highest BCUT2D eigenvalue weighted by Gasteiger charge is 2.32. The van der Waals surface area contributed by atoms with E-state index in [0.29, 0.717) is 11.5 Å². The maximum absolute atomic E-state index is 11.6. The van der Waals surface area contributed by atoms with Crippen LogP contribution in [0.3, 0.4) is 0 Å². The highest BCUT2D eigenvalue weighted by atomic mass is 16.6.